The van der Waals surface area contributed by atoms with Gasteiger partial charge < -0.3 is 19.0 Å². The van der Waals surface area contributed by atoms with E-state index in [1.165, 1.54) is 40.7 Å². The highest BCUT2D eigenvalue weighted by molar-refractivity contribution is 6.73. The summed E-state index contributed by atoms with van der Waals surface area (Å²) in [6.45, 7) is 15.6. The Bertz CT molecular complexity index is 1600. The largest absolute Gasteiger partial charge is 0.493 e. The Morgan fingerprint density at radius 2 is 1.65 bits per heavy atom. The van der Waals surface area contributed by atoms with Crippen molar-refractivity contribution in [2.75, 3.05) is 32.8 Å². The van der Waals surface area contributed by atoms with Crippen molar-refractivity contribution in [3.63, 3.8) is 0 Å². The number of piperidine rings is 1. The molecule has 0 saturated carbocycles. The minimum Gasteiger partial charge on any atom is -0.493 e. The first-order valence-corrected chi connectivity index (χ1v) is 18.9. The van der Waals surface area contributed by atoms with Crippen LogP contribution in [-0.2, 0) is 17.8 Å². The summed E-state index contributed by atoms with van der Waals surface area (Å²) in [4.78, 5) is 17.2. The maximum absolute atomic E-state index is 12.2. The Kier molecular flexibility index (Phi) is 12.0. The van der Waals surface area contributed by atoms with Crippen LogP contribution >= 0.6 is 11.6 Å². The van der Waals surface area contributed by atoms with Gasteiger partial charge in [0, 0.05) is 42.7 Å². The van der Waals surface area contributed by atoms with E-state index in [4.69, 9.17) is 25.8 Å². The predicted molar refractivity (Wildman–Crippen MR) is 201 cm³/mol. The van der Waals surface area contributed by atoms with Gasteiger partial charge in [-0.3, -0.25) is 9.80 Å². The van der Waals surface area contributed by atoms with Gasteiger partial charge in [0.25, 0.3) is 0 Å². The van der Waals surface area contributed by atoms with Gasteiger partial charge in [-0.25, -0.2) is 0 Å². The number of likely N-dealkylation sites (tertiary alicyclic amines) is 2. The molecule has 2 aliphatic heterocycles. The van der Waals surface area contributed by atoms with E-state index < -0.39 is 0 Å². The molecule has 8 heteroatoms. The Balaban J connectivity index is 1.13. The third kappa shape index (κ3) is 8.16. The minimum atomic E-state index is -0.0881. The van der Waals surface area contributed by atoms with Gasteiger partial charge in [-0.1, -0.05) is 48.8 Å². The van der Waals surface area contributed by atoms with Gasteiger partial charge in [0.2, 0.25) is 0 Å². The SMILES string of the molecule is C[B]C(=O)C1CCN(Cc2cc(Cl)c(O[C@H]3CCc4c(-c5cccc(OCCCN6C(C)CC[C@H]6C)c5C)cccc43)cc2OCC)CC1. The molecule has 2 fully saturated rings. The number of carbonyl (C=O) groups excluding carboxylic acids is 1. The van der Waals surface area contributed by atoms with Crippen LogP contribution in [0.25, 0.3) is 11.1 Å². The molecule has 3 atom stereocenters. The fraction of sp³-hybridized carbons (Fsp3) is 0.537. The molecule has 0 spiro atoms. The lowest BCUT2D eigenvalue weighted by Gasteiger charge is -2.31. The summed E-state index contributed by atoms with van der Waals surface area (Å²) < 4.78 is 19.2. The number of carbonyl (C=O) groups is 1. The number of rotatable bonds is 14. The zero-order valence-corrected chi connectivity index (χ0v) is 30.9. The molecule has 2 saturated heterocycles. The van der Waals surface area contributed by atoms with E-state index in [0.29, 0.717) is 29.5 Å². The summed E-state index contributed by atoms with van der Waals surface area (Å²) in [6.07, 6.45) is 7.15. The first kappa shape index (κ1) is 35.8. The van der Waals surface area contributed by atoms with E-state index in [1.54, 1.807) is 7.28 Å². The van der Waals surface area contributed by atoms with E-state index in [-0.39, 0.29) is 17.7 Å². The molecule has 3 aliphatic rings. The molecule has 1 radical (unpaired) electrons. The highest BCUT2D eigenvalue weighted by atomic mass is 35.5. The average Bonchev–Trinajstić information content (AvgIpc) is 3.67. The first-order chi connectivity index (χ1) is 23.8. The quantitative estimate of drug-likeness (QED) is 0.125. The van der Waals surface area contributed by atoms with Gasteiger partial charge in [-0.05, 0) is 126 Å². The lowest BCUT2D eigenvalue weighted by Crippen LogP contribution is -2.37. The Morgan fingerprint density at radius 3 is 2.39 bits per heavy atom. The molecule has 3 aromatic rings. The van der Waals surface area contributed by atoms with Gasteiger partial charge in [0.1, 0.15) is 23.4 Å². The number of ether oxygens (including phenoxy) is 3. The first-order valence-electron chi connectivity index (χ1n) is 18.5. The normalized spacial score (nSPS) is 21.5. The summed E-state index contributed by atoms with van der Waals surface area (Å²) in [7, 11) is 1.71. The van der Waals surface area contributed by atoms with Crippen molar-refractivity contribution in [2.45, 2.75) is 104 Å². The minimum absolute atomic E-state index is 0.0881. The van der Waals surface area contributed by atoms with Gasteiger partial charge in [0.15, 0.2) is 7.28 Å². The molecule has 0 aromatic heterocycles. The van der Waals surface area contributed by atoms with E-state index in [2.05, 4.69) is 67.0 Å². The van der Waals surface area contributed by atoms with Crippen molar-refractivity contribution in [3.8, 4) is 28.4 Å². The van der Waals surface area contributed by atoms with Gasteiger partial charge >= 0.3 is 0 Å². The highest BCUT2D eigenvalue weighted by Crippen LogP contribution is 2.44. The van der Waals surface area contributed by atoms with Crippen LogP contribution in [0.3, 0.4) is 0 Å². The molecule has 6 nitrogen and oxygen atoms in total. The van der Waals surface area contributed by atoms with Crippen molar-refractivity contribution in [3.05, 3.63) is 75.8 Å². The smallest absolute Gasteiger partial charge is 0.199 e. The van der Waals surface area contributed by atoms with E-state index in [9.17, 15) is 4.79 Å². The third-order valence-electron chi connectivity index (χ3n) is 11.1. The molecule has 49 heavy (non-hydrogen) atoms. The van der Waals surface area contributed by atoms with Crippen LogP contribution in [0.15, 0.2) is 48.5 Å². The molecule has 2 heterocycles. The number of hydrogen-bond donors (Lipinski definition) is 0. The zero-order chi connectivity index (χ0) is 34.5. The molecule has 1 aliphatic carbocycles. The predicted octanol–water partition coefficient (Wildman–Crippen LogP) is 8.91. The van der Waals surface area contributed by atoms with Crippen LogP contribution in [-0.4, -0.2) is 67.7 Å². The van der Waals surface area contributed by atoms with Crippen molar-refractivity contribution >= 4 is 24.6 Å². The zero-order valence-electron chi connectivity index (χ0n) is 30.1. The standard InChI is InChI=1S/C41H53BClN2O4/c1-6-47-39-25-40(36(43)24-31(39)26-44-21-18-30(19-22-44)41(46)42-5)49-38-17-16-34-33(11-7-12-35(34)38)32-10-8-13-37(29(32)4)48-23-9-20-45-27(2)14-15-28(45)3/h7-8,10-13,24-25,27-28,30,38H,6,9,14-23,26H2,1-5H3/t27-,28?,38+/m1/s1. The molecule has 0 bridgehead atoms. The molecule has 1 unspecified atom stereocenters. The van der Waals surface area contributed by atoms with Gasteiger partial charge in [-0.15, -0.1) is 0 Å². The number of nitrogens with zero attached hydrogens (tertiary/aromatic N) is 2. The average molecular weight is 684 g/mol. The highest BCUT2D eigenvalue weighted by Gasteiger charge is 2.30. The topological polar surface area (TPSA) is 51.2 Å². The summed E-state index contributed by atoms with van der Waals surface area (Å²) in [5, 5.41) is 0.600. The van der Waals surface area contributed by atoms with Crippen LogP contribution in [0, 0.1) is 12.8 Å². The van der Waals surface area contributed by atoms with Crippen LogP contribution in [0.2, 0.25) is 11.8 Å². The second-order valence-electron chi connectivity index (χ2n) is 14.2. The van der Waals surface area contributed by atoms with Gasteiger partial charge in [-0.2, -0.15) is 0 Å². The van der Waals surface area contributed by atoms with E-state index in [0.717, 1.165) is 82.0 Å². The Labute approximate surface area is 299 Å². The fourth-order valence-corrected chi connectivity index (χ4v) is 8.49. The molecule has 0 N–H and O–H groups in total. The molecule has 0 amide bonds. The summed E-state index contributed by atoms with van der Waals surface area (Å²) in [5.41, 5.74) is 7.53. The van der Waals surface area contributed by atoms with Crippen molar-refractivity contribution in [2.24, 2.45) is 5.92 Å². The van der Waals surface area contributed by atoms with Crippen molar-refractivity contribution in [1.82, 2.24) is 9.80 Å². The number of benzene rings is 3. The summed E-state index contributed by atoms with van der Waals surface area (Å²) in [5.74, 6) is 2.58. The second kappa shape index (κ2) is 16.4. The maximum Gasteiger partial charge on any atom is 0.199 e. The fourth-order valence-electron chi connectivity index (χ4n) is 8.26. The van der Waals surface area contributed by atoms with Gasteiger partial charge in [0.05, 0.1) is 23.9 Å². The summed E-state index contributed by atoms with van der Waals surface area (Å²) >= 11 is 6.91. The number of fused-ring (bicyclic) bond motifs is 1. The van der Waals surface area contributed by atoms with Crippen LogP contribution in [0.5, 0.6) is 17.2 Å². The summed E-state index contributed by atoms with van der Waals surface area (Å²) in [6, 6.07) is 18.3. The number of hydrogen-bond acceptors (Lipinski definition) is 6. The van der Waals surface area contributed by atoms with E-state index >= 15 is 0 Å². The maximum atomic E-state index is 12.2. The van der Waals surface area contributed by atoms with Crippen molar-refractivity contribution < 1.29 is 19.0 Å². The molecule has 3 aromatic carbocycles. The van der Waals surface area contributed by atoms with Crippen LogP contribution in [0.4, 0.5) is 0 Å². The third-order valence-corrected chi connectivity index (χ3v) is 11.4. The lowest BCUT2D eigenvalue weighted by atomic mass is 9.68. The number of halogens is 1. The Hall–Kier alpha value is -3.00. The molecular weight excluding hydrogens is 631 g/mol. The van der Waals surface area contributed by atoms with Crippen molar-refractivity contribution in [1.29, 1.82) is 0 Å². The van der Waals surface area contributed by atoms with Crippen LogP contribution in [0.1, 0.15) is 87.7 Å². The van der Waals surface area contributed by atoms with Crippen LogP contribution < -0.4 is 14.2 Å². The molecular formula is C41H53BClN2O4. The monoisotopic (exact) mass is 683 g/mol. The second-order valence-corrected chi connectivity index (χ2v) is 14.6. The Morgan fingerprint density at radius 1 is 0.918 bits per heavy atom. The lowest BCUT2D eigenvalue weighted by molar-refractivity contribution is -0.116. The van der Waals surface area contributed by atoms with E-state index in [1.807, 2.05) is 25.9 Å². The molecule has 6 rings (SSSR count). The molecule has 261 valence electrons.